The summed E-state index contributed by atoms with van der Waals surface area (Å²) in [7, 11) is 5.73. The van der Waals surface area contributed by atoms with Crippen molar-refractivity contribution in [1.82, 2.24) is 10.2 Å². The molecule has 0 heterocycles. The Morgan fingerprint density at radius 2 is 1.86 bits per heavy atom. The predicted molar refractivity (Wildman–Crippen MR) is 121 cm³/mol. The minimum absolute atomic E-state index is 0. The molecule has 0 spiro atoms. The summed E-state index contributed by atoms with van der Waals surface area (Å²) in [5.74, 6) is 2.59. The molecule has 1 aliphatic rings. The standard InChI is InChI=1S/C23H38N2O3.ClH/c1-18-9-12-20(13-10-18)24-23(26)8-6-5-7-19-11-14-21(22(17-19)27-4)28-16-15-25(2)3;/h11,14,17-18,20H,5-10,12-13,15-16H2,1-4H3,(H,24,26);1H. The molecule has 166 valence electrons. The third-order valence-corrected chi connectivity index (χ3v) is 5.52. The van der Waals surface area contributed by atoms with Crippen LogP contribution in [0.1, 0.15) is 57.4 Å². The Morgan fingerprint density at radius 3 is 2.52 bits per heavy atom. The number of methoxy groups -OCH3 is 1. The number of likely N-dealkylation sites (N-methyl/N-ethyl adjacent to an activating group) is 1. The van der Waals surface area contributed by atoms with E-state index in [4.69, 9.17) is 9.47 Å². The van der Waals surface area contributed by atoms with Crippen LogP contribution in [0.3, 0.4) is 0 Å². The highest BCUT2D eigenvalue weighted by Gasteiger charge is 2.19. The molecule has 1 amide bonds. The Morgan fingerprint density at radius 1 is 1.14 bits per heavy atom. The lowest BCUT2D eigenvalue weighted by Gasteiger charge is -2.26. The summed E-state index contributed by atoms with van der Waals surface area (Å²) in [6.45, 7) is 3.81. The minimum Gasteiger partial charge on any atom is -0.493 e. The topological polar surface area (TPSA) is 50.8 Å². The molecular formula is C23H39ClN2O3. The maximum absolute atomic E-state index is 12.1. The van der Waals surface area contributed by atoms with Crippen LogP contribution in [0.4, 0.5) is 0 Å². The van der Waals surface area contributed by atoms with Gasteiger partial charge in [0.05, 0.1) is 7.11 Å². The number of carbonyl (C=O) groups is 1. The van der Waals surface area contributed by atoms with E-state index in [1.54, 1.807) is 7.11 Å². The first-order valence-corrected chi connectivity index (χ1v) is 10.7. The van der Waals surface area contributed by atoms with Crippen LogP contribution in [0.2, 0.25) is 0 Å². The highest BCUT2D eigenvalue weighted by Crippen LogP contribution is 2.29. The van der Waals surface area contributed by atoms with Crippen LogP contribution in [0.25, 0.3) is 0 Å². The first-order chi connectivity index (χ1) is 13.5. The van der Waals surface area contributed by atoms with Crippen LogP contribution in [-0.4, -0.2) is 51.2 Å². The zero-order valence-corrected chi connectivity index (χ0v) is 19.4. The first kappa shape index (κ1) is 25.6. The Hall–Kier alpha value is -1.46. The second-order valence-electron chi connectivity index (χ2n) is 8.37. The monoisotopic (exact) mass is 426 g/mol. The number of nitrogens with zero attached hydrogens (tertiary/aromatic N) is 1. The Labute approximate surface area is 182 Å². The number of halogens is 1. The Bertz CT molecular complexity index is 602. The summed E-state index contributed by atoms with van der Waals surface area (Å²) in [6.07, 6.45) is 8.23. The van der Waals surface area contributed by atoms with Crippen LogP contribution in [-0.2, 0) is 11.2 Å². The van der Waals surface area contributed by atoms with Crippen LogP contribution < -0.4 is 14.8 Å². The second kappa shape index (κ2) is 13.7. The fraction of sp³-hybridized carbons (Fsp3) is 0.696. The van der Waals surface area contributed by atoms with Crippen molar-refractivity contribution in [1.29, 1.82) is 0 Å². The van der Waals surface area contributed by atoms with E-state index in [1.807, 2.05) is 26.2 Å². The first-order valence-electron chi connectivity index (χ1n) is 10.7. The molecule has 1 N–H and O–H groups in total. The van der Waals surface area contributed by atoms with Crippen LogP contribution in [0, 0.1) is 5.92 Å². The largest absolute Gasteiger partial charge is 0.493 e. The summed E-state index contributed by atoms with van der Waals surface area (Å²) in [6, 6.07) is 6.53. The van der Waals surface area contributed by atoms with E-state index in [0.29, 0.717) is 19.1 Å². The number of rotatable bonds is 11. The van der Waals surface area contributed by atoms with E-state index in [-0.39, 0.29) is 18.3 Å². The normalized spacial score (nSPS) is 18.8. The van der Waals surface area contributed by atoms with E-state index in [0.717, 1.165) is 56.1 Å². The number of benzene rings is 1. The molecule has 1 aromatic carbocycles. The van der Waals surface area contributed by atoms with Crippen molar-refractivity contribution >= 4 is 18.3 Å². The average Bonchev–Trinajstić information content (AvgIpc) is 2.67. The maximum atomic E-state index is 12.1. The van der Waals surface area contributed by atoms with Gasteiger partial charge < -0.3 is 19.7 Å². The Kier molecular flexibility index (Phi) is 12.1. The molecule has 0 aliphatic heterocycles. The quantitative estimate of drug-likeness (QED) is 0.530. The average molecular weight is 427 g/mol. The van der Waals surface area contributed by atoms with Gasteiger partial charge in [-0.3, -0.25) is 4.79 Å². The lowest BCUT2D eigenvalue weighted by atomic mass is 9.87. The van der Waals surface area contributed by atoms with E-state index in [2.05, 4.69) is 23.2 Å². The molecule has 0 bridgehead atoms. The lowest BCUT2D eigenvalue weighted by molar-refractivity contribution is -0.122. The van der Waals surface area contributed by atoms with E-state index >= 15 is 0 Å². The highest BCUT2D eigenvalue weighted by molar-refractivity contribution is 5.85. The lowest BCUT2D eigenvalue weighted by Crippen LogP contribution is -2.37. The molecule has 0 unspecified atom stereocenters. The number of aryl methyl sites for hydroxylation is 1. The van der Waals surface area contributed by atoms with Gasteiger partial charge in [0.15, 0.2) is 11.5 Å². The number of hydrogen-bond acceptors (Lipinski definition) is 4. The molecule has 1 aromatic rings. The van der Waals surface area contributed by atoms with Gasteiger partial charge >= 0.3 is 0 Å². The molecule has 2 rings (SSSR count). The fourth-order valence-corrected chi connectivity index (χ4v) is 3.64. The van der Waals surface area contributed by atoms with Crippen molar-refractivity contribution in [3.05, 3.63) is 23.8 Å². The van der Waals surface area contributed by atoms with Gasteiger partial charge in [-0.1, -0.05) is 13.0 Å². The minimum atomic E-state index is 0. The number of amides is 1. The van der Waals surface area contributed by atoms with E-state index in [1.165, 1.54) is 18.4 Å². The van der Waals surface area contributed by atoms with Gasteiger partial charge in [-0.25, -0.2) is 0 Å². The number of nitrogens with one attached hydrogen (secondary N) is 1. The van der Waals surface area contributed by atoms with Gasteiger partial charge in [0, 0.05) is 19.0 Å². The molecule has 0 saturated heterocycles. The van der Waals surface area contributed by atoms with E-state index in [9.17, 15) is 4.79 Å². The van der Waals surface area contributed by atoms with Gasteiger partial charge in [0.2, 0.25) is 5.91 Å². The van der Waals surface area contributed by atoms with Crippen LogP contribution in [0.15, 0.2) is 18.2 Å². The number of ether oxygens (including phenoxy) is 2. The molecule has 1 aliphatic carbocycles. The summed E-state index contributed by atoms with van der Waals surface area (Å²) in [5, 5.41) is 3.21. The number of unbranched alkanes of at least 4 members (excludes halogenated alkanes) is 1. The van der Waals surface area contributed by atoms with Crippen molar-refractivity contribution in [2.75, 3.05) is 34.4 Å². The second-order valence-corrected chi connectivity index (χ2v) is 8.37. The van der Waals surface area contributed by atoms with Crippen LogP contribution >= 0.6 is 12.4 Å². The molecule has 5 nitrogen and oxygen atoms in total. The highest BCUT2D eigenvalue weighted by atomic mass is 35.5. The van der Waals surface area contributed by atoms with Crippen molar-refractivity contribution in [2.24, 2.45) is 5.92 Å². The summed E-state index contributed by atoms with van der Waals surface area (Å²) in [4.78, 5) is 14.2. The van der Waals surface area contributed by atoms with Gasteiger partial charge in [0.25, 0.3) is 0 Å². The number of carbonyl (C=O) groups excluding carboxylic acids is 1. The SMILES string of the molecule is COc1cc(CCCCC(=O)NC2CCC(C)CC2)ccc1OCCN(C)C.Cl. The third-order valence-electron chi connectivity index (χ3n) is 5.52. The van der Waals surface area contributed by atoms with Crippen molar-refractivity contribution < 1.29 is 14.3 Å². The van der Waals surface area contributed by atoms with Crippen LogP contribution in [0.5, 0.6) is 11.5 Å². The molecule has 1 fully saturated rings. The molecule has 0 atom stereocenters. The van der Waals surface area contributed by atoms with Gasteiger partial charge in [-0.2, -0.15) is 0 Å². The van der Waals surface area contributed by atoms with Gasteiger partial charge in [-0.05, 0) is 82.7 Å². The molecule has 6 heteroatoms. The zero-order chi connectivity index (χ0) is 20.4. The molecule has 0 radical (unpaired) electrons. The summed E-state index contributed by atoms with van der Waals surface area (Å²) < 4.78 is 11.3. The van der Waals surface area contributed by atoms with Gasteiger partial charge in [-0.15, -0.1) is 12.4 Å². The van der Waals surface area contributed by atoms with Crippen molar-refractivity contribution in [2.45, 2.75) is 64.3 Å². The van der Waals surface area contributed by atoms with Gasteiger partial charge in [0.1, 0.15) is 6.61 Å². The van der Waals surface area contributed by atoms with Crippen molar-refractivity contribution in [3.8, 4) is 11.5 Å². The van der Waals surface area contributed by atoms with Crippen molar-refractivity contribution in [3.63, 3.8) is 0 Å². The third kappa shape index (κ3) is 9.72. The summed E-state index contributed by atoms with van der Waals surface area (Å²) >= 11 is 0. The molecule has 0 aromatic heterocycles. The smallest absolute Gasteiger partial charge is 0.220 e. The summed E-state index contributed by atoms with van der Waals surface area (Å²) in [5.41, 5.74) is 1.22. The fourth-order valence-electron chi connectivity index (χ4n) is 3.64. The molecule has 1 saturated carbocycles. The molecular weight excluding hydrogens is 388 g/mol. The van der Waals surface area contributed by atoms with E-state index < -0.39 is 0 Å². The zero-order valence-electron chi connectivity index (χ0n) is 18.5. The maximum Gasteiger partial charge on any atom is 0.220 e. The molecule has 29 heavy (non-hydrogen) atoms. The predicted octanol–water partition coefficient (Wildman–Crippen LogP) is 4.47. The number of hydrogen-bond donors (Lipinski definition) is 1. The Balaban J connectivity index is 0.00000420.